The van der Waals surface area contributed by atoms with Crippen molar-refractivity contribution < 1.29 is 24.5 Å². The van der Waals surface area contributed by atoms with E-state index in [4.69, 9.17) is 9.47 Å². The Bertz CT molecular complexity index is 842. The molecule has 0 radical (unpaired) electrons. The maximum atomic E-state index is 12.7. The number of carbonyl (C=O) groups excluding carboxylic acids is 1. The highest BCUT2D eigenvalue weighted by Crippen LogP contribution is 2.69. The molecule has 0 aromatic heterocycles. The minimum absolute atomic E-state index is 0.0504. The maximum absolute atomic E-state index is 12.7. The zero-order valence-corrected chi connectivity index (χ0v) is 24.9. The van der Waals surface area contributed by atoms with Crippen molar-refractivity contribution in [2.24, 2.45) is 52.3 Å². The quantitative estimate of drug-likeness (QED) is 0.461. The first-order chi connectivity index (χ1) is 18.0. The van der Waals surface area contributed by atoms with Crippen molar-refractivity contribution >= 4 is 6.09 Å². The molecule has 0 bridgehead atoms. The number of rotatable bonds is 5. The zero-order chi connectivity index (χ0) is 27.4. The molecule has 1 amide bonds. The summed E-state index contributed by atoms with van der Waals surface area (Å²) in [5.74, 6) is 3.38. The monoisotopic (exact) mass is 533 g/mol. The van der Waals surface area contributed by atoms with Crippen LogP contribution in [0.2, 0.25) is 0 Å². The predicted molar refractivity (Wildman–Crippen MR) is 148 cm³/mol. The fourth-order valence-corrected chi connectivity index (χ4v) is 10.9. The first-order valence-electron chi connectivity index (χ1n) is 15.9. The highest BCUT2D eigenvalue weighted by atomic mass is 16.6. The van der Waals surface area contributed by atoms with E-state index in [-0.39, 0.29) is 41.3 Å². The average molecular weight is 534 g/mol. The first-order valence-corrected chi connectivity index (χ1v) is 15.9. The van der Waals surface area contributed by atoms with Gasteiger partial charge in [0.05, 0.1) is 44.1 Å². The minimum Gasteiger partial charge on any atom is -0.449 e. The third-order valence-corrected chi connectivity index (χ3v) is 12.6. The summed E-state index contributed by atoms with van der Waals surface area (Å²) in [6, 6.07) is 0. The van der Waals surface area contributed by atoms with Gasteiger partial charge in [0.1, 0.15) is 0 Å². The van der Waals surface area contributed by atoms with E-state index in [1.165, 1.54) is 25.7 Å². The second-order valence-corrected chi connectivity index (χ2v) is 14.7. The molecule has 0 aromatic carbocycles. The van der Waals surface area contributed by atoms with Crippen molar-refractivity contribution in [3.63, 3.8) is 0 Å². The lowest BCUT2D eigenvalue weighted by molar-refractivity contribution is -0.203. The second-order valence-electron chi connectivity index (χ2n) is 14.7. The van der Waals surface area contributed by atoms with E-state index >= 15 is 0 Å². The summed E-state index contributed by atoms with van der Waals surface area (Å²) < 4.78 is 11.5. The molecule has 38 heavy (non-hydrogen) atoms. The van der Waals surface area contributed by atoms with Gasteiger partial charge in [-0.1, -0.05) is 34.1 Å². The summed E-state index contributed by atoms with van der Waals surface area (Å²) >= 11 is 0. The summed E-state index contributed by atoms with van der Waals surface area (Å²) in [7, 11) is 0. The number of ether oxygens (including phenoxy) is 2. The zero-order valence-electron chi connectivity index (χ0n) is 24.9. The number of nitrogens with zero attached hydrogens (tertiary/aromatic N) is 1. The van der Waals surface area contributed by atoms with E-state index in [0.29, 0.717) is 61.1 Å². The number of carbonyl (C=O) groups is 1. The molecule has 6 heteroatoms. The van der Waals surface area contributed by atoms with Crippen LogP contribution in [0.3, 0.4) is 0 Å². The van der Waals surface area contributed by atoms with Crippen LogP contribution < -0.4 is 0 Å². The molecular formula is C32H55NO5. The van der Waals surface area contributed by atoms with Gasteiger partial charge >= 0.3 is 6.09 Å². The van der Waals surface area contributed by atoms with Crippen LogP contribution in [-0.2, 0) is 9.47 Å². The van der Waals surface area contributed by atoms with Crippen molar-refractivity contribution in [3.05, 3.63) is 0 Å². The Hall–Kier alpha value is -0.850. The van der Waals surface area contributed by atoms with Crippen LogP contribution in [0, 0.1) is 52.3 Å². The van der Waals surface area contributed by atoms with Gasteiger partial charge < -0.3 is 24.6 Å². The summed E-state index contributed by atoms with van der Waals surface area (Å²) in [6.07, 6.45) is 9.16. The van der Waals surface area contributed by atoms with E-state index in [1.54, 1.807) is 4.90 Å². The molecule has 5 rings (SSSR count). The Morgan fingerprint density at radius 2 is 1.66 bits per heavy atom. The Labute approximate surface area is 231 Å². The minimum atomic E-state index is -0.244. The van der Waals surface area contributed by atoms with E-state index in [2.05, 4.69) is 27.7 Å². The Morgan fingerprint density at radius 1 is 1.00 bits per heavy atom. The Balaban J connectivity index is 1.24. The van der Waals surface area contributed by atoms with Gasteiger partial charge in [0.15, 0.2) is 0 Å². The number of aliphatic hydroxyl groups is 2. The number of hydrogen-bond acceptors (Lipinski definition) is 5. The molecule has 1 heterocycles. The van der Waals surface area contributed by atoms with Gasteiger partial charge in [0, 0.05) is 0 Å². The lowest BCUT2D eigenvalue weighted by Gasteiger charge is -2.64. The molecule has 1 aliphatic heterocycles. The smallest absolute Gasteiger partial charge is 0.409 e. The topological polar surface area (TPSA) is 79.2 Å². The van der Waals surface area contributed by atoms with E-state index in [0.717, 1.165) is 32.1 Å². The van der Waals surface area contributed by atoms with Crippen LogP contribution in [-0.4, -0.2) is 65.3 Å². The molecule has 2 N–H and O–H groups in total. The van der Waals surface area contributed by atoms with Crippen LogP contribution in [0.25, 0.3) is 0 Å². The molecule has 5 aliphatic rings. The summed E-state index contributed by atoms with van der Waals surface area (Å²) in [6.45, 7) is 15.3. The van der Waals surface area contributed by atoms with Gasteiger partial charge in [-0.05, 0) is 117 Å². The third-order valence-electron chi connectivity index (χ3n) is 12.6. The molecule has 3 unspecified atom stereocenters. The lowest BCUT2D eigenvalue weighted by atomic mass is 9.41. The normalized spacial score (nSPS) is 49.5. The molecule has 0 spiro atoms. The molecule has 5 fully saturated rings. The van der Waals surface area contributed by atoms with Crippen molar-refractivity contribution in [2.45, 2.75) is 124 Å². The number of aliphatic hydroxyl groups excluding tert-OH is 2. The van der Waals surface area contributed by atoms with Gasteiger partial charge in [-0.3, -0.25) is 0 Å². The summed E-state index contributed by atoms with van der Waals surface area (Å²) in [4.78, 5) is 14.5. The van der Waals surface area contributed by atoms with Gasteiger partial charge in [-0.25, -0.2) is 4.79 Å². The molecule has 1 saturated heterocycles. The average Bonchev–Trinajstić information content (AvgIpc) is 3.22. The molecule has 0 aromatic rings. The van der Waals surface area contributed by atoms with Gasteiger partial charge in [-0.15, -0.1) is 0 Å². The Kier molecular flexibility index (Phi) is 8.19. The van der Waals surface area contributed by atoms with Gasteiger partial charge in [0.25, 0.3) is 0 Å². The summed E-state index contributed by atoms with van der Waals surface area (Å²) in [5.41, 5.74) is 0.494. The number of fused-ring (bicyclic) bond motifs is 5. The third kappa shape index (κ3) is 4.83. The molecule has 13 atom stereocenters. The standard InChI is InChI=1S/C32H55NO5/c1-7-23-27-16-22(34)10-13-32(27,6)26-11-14-31(5)24(8-9-25(31)28(26)29(23)35)19(2)12-15-37-30(36)33-17-20(3)38-21(4)18-33/h19-29,34-35H,7-18H2,1-6H3/t19-,20-,21+,22-,23-,24-,25+,26+,27?,28?,29-,31-,32?/m1/s1. The largest absolute Gasteiger partial charge is 0.449 e. The molecule has 218 valence electrons. The Morgan fingerprint density at radius 3 is 2.34 bits per heavy atom. The number of morpholine rings is 1. The SMILES string of the molecule is CC[C@@H]1C2C[C@H](O)CCC2(C)[C@H]2CC[C@]3(C)[C@@H]([C@H](C)CCOC(=O)N4C[C@@H](C)O[C@@H](C)C4)CC[C@H]3C2[C@@H]1O. The van der Waals surface area contributed by atoms with Crippen LogP contribution in [0.5, 0.6) is 0 Å². The van der Waals surface area contributed by atoms with Crippen molar-refractivity contribution in [2.75, 3.05) is 19.7 Å². The highest BCUT2D eigenvalue weighted by molar-refractivity contribution is 5.67. The van der Waals surface area contributed by atoms with E-state index in [9.17, 15) is 15.0 Å². The summed E-state index contributed by atoms with van der Waals surface area (Å²) in [5, 5.41) is 22.4. The first kappa shape index (κ1) is 28.7. The number of amides is 1. The molecule has 4 aliphatic carbocycles. The second kappa shape index (κ2) is 10.9. The number of hydrogen-bond donors (Lipinski definition) is 2. The van der Waals surface area contributed by atoms with E-state index < -0.39 is 0 Å². The van der Waals surface area contributed by atoms with Gasteiger partial charge in [0.2, 0.25) is 0 Å². The van der Waals surface area contributed by atoms with Crippen LogP contribution in [0.15, 0.2) is 0 Å². The van der Waals surface area contributed by atoms with Crippen LogP contribution in [0.1, 0.15) is 99.3 Å². The molecular weight excluding hydrogens is 478 g/mol. The molecule has 6 nitrogen and oxygen atoms in total. The fraction of sp³-hybridized carbons (Fsp3) is 0.969. The van der Waals surface area contributed by atoms with Crippen molar-refractivity contribution in [3.8, 4) is 0 Å². The predicted octanol–water partition coefficient (Wildman–Crippen LogP) is 5.89. The van der Waals surface area contributed by atoms with Crippen molar-refractivity contribution in [1.82, 2.24) is 4.90 Å². The molecule has 4 saturated carbocycles. The van der Waals surface area contributed by atoms with E-state index in [1.807, 2.05) is 13.8 Å². The van der Waals surface area contributed by atoms with Crippen molar-refractivity contribution in [1.29, 1.82) is 0 Å². The van der Waals surface area contributed by atoms with Crippen LogP contribution >= 0.6 is 0 Å². The maximum Gasteiger partial charge on any atom is 0.409 e. The highest BCUT2D eigenvalue weighted by Gasteiger charge is 2.64. The lowest BCUT2D eigenvalue weighted by Crippen LogP contribution is -2.62. The fourth-order valence-electron chi connectivity index (χ4n) is 10.9. The van der Waals surface area contributed by atoms with Gasteiger partial charge in [-0.2, -0.15) is 0 Å². The van der Waals surface area contributed by atoms with Crippen LogP contribution in [0.4, 0.5) is 4.79 Å².